The summed E-state index contributed by atoms with van der Waals surface area (Å²) in [5.41, 5.74) is 2.97. The van der Waals surface area contributed by atoms with Crippen molar-refractivity contribution in [3.8, 4) is 11.5 Å². The highest BCUT2D eigenvalue weighted by molar-refractivity contribution is 9.10. The second kappa shape index (κ2) is 7.63. The molecule has 0 aliphatic heterocycles. The number of rotatable bonds is 5. The fourth-order valence-corrected chi connectivity index (χ4v) is 1.71. The van der Waals surface area contributed by atoms with Crippen molar-refractivity contribution >= 4 is 28.2 Å². The van der Waals surface area contributed by atoms with Gasteiger partial charge in [-0.25, -0.2) is 10.2 Å². The summed E-state index contributed by atoms with van der Waals surface area (Å²) in [4.78, 5) is 11.0. The van der Waals surface area contributed by atoms with Crippen LogP contribution in [-0.4, -0.2) is 33.1 Å². The Balaban J connectivity index is 2.83. The van der Waals surface area contributed by atoms with Gasteiger partial charge < -0.3 is 14.2 Å². The van der Waals surface area contributed by atoms with Crippen LogP contribution in [0.25, 0.3) is 0 Å². The smallest absolute Gasteiger partial charge is 0.427 e. The van der Waals surface area contributed by atoms with Crippen molar-refractivity contribution < 1.29 is 19.0 Å². The summed E-state index contributed by atoms with van der Waals surface area (Å²) in [5, 5.41) is 3.78. The molecule has 0 unspecified atom stereocenters. The Morgan fingerprint density at radius 3 is 2.58 bits per heavy atom. The number of ether oxygens (including phenoxy) is 3. The Hall–Kier alpha value is -1.76. The molecule has 104 valence electrons. The van der Waals surface area contributed by atoms with Crippen LogP contribution < -0.4 is 14.9 Å². The van der Waals surface area contributed by atoms with Crippen molar-refractivity contribution in [2.45, 2.75) is 6.92 Å². The van der Waals surface area contributed by atoms with E-state index in [1.165, 1.54) is 6.21 Å². The minimum Gasteiger partial charge on any atom is -0.493 e. The summed E-state index contributed by atoms with van der Waals surface area (Å²) >= 11 is 3.38. The molecule has 0 spiro atoms. The Morgan fingerprint density at radius 2 is 2.00 bits per heavy atom. The van der Waals surface area contributed by atoms with Crippen LogP contribution in [0.2, 0.25) is 0 Å². The first-order valence-electron chi connectivity index (χ1n) is 5.49. The first-order valence-corrected chi connectivity index (χ1v) is 6.29. The van der Waals surface area contributed by atoms with E-state index in [-0.39, 0.29) is 0 Å². The van der Waals surface area contributed by atoms with Crippen LogP contribution in [0.15, 0.2) is 21.7 Å². The standard InChI is InChI=1S/C12H15BrN2O4/c1-4-19-12(16)15-14-7-8-5-10(17-2)11(18-3)6-9(8)13/h5-7H,4H2,1-3H3,(H,15,16)/b14-7-. The van der Waals surface area contributed by atoms with Crippen LogP contribution in [0.1, 0.15) is 12.5 Å². The predicted octanol–water partition coefficient (Wildman–Crippen LogP) is 2.55. The van der Waals surface area contributed by atoms with Gasteiger partial charge in [0.1, 0.15) is 0 Å². The molecule has 0 bridgehead atoms. The molecule has 1 amide bonds. The fraction of sp³-hybridized carbons (Fsp3) is 0.333. The van der Waals surface area contributed by atoms with E-state index in [2.05, 4.69) is 31.2 Å². The van der Waals surface area contributed by atoms with E-state index < -0.39 is 6.09 Å². The molecule has 1 aromatic carbocycles. The van der Waals surface area contributed by atoms with Gasteiger partial charge in [-0.3, -0.25) is 0 Å². The number of methoxy groups -OCH3 is 2. The highest BCUT2D eigenvalue weighted by atomic mass is 79.9. The van der Waals surface area contributed by atoms with Gasteiger partial charge in [-0.15, -0.1) is 0 Å². The molecule has 6 nitrogen and oxygen atoms in total. The SMILES string of the molecule is CCOC(=O)N/N=C\c1cc(OC)c(OC)cc1Br. The molecule has 0 heterocycles. The number of hydrogen-bond acceptors (Lipinski definition) is 5. The summed E-state index contributed by atoms with van der Waals surface area (Å²) < 4.78 is 15.8. The minimum atomic E-state index is -0.602. The molecular formula is C12H15BrN2O4. The number of amides is 1. The predicted molar refractivity (Wildman–Crippen MR) is 75.0 cm³/mol. The number of hydrazone groups is 1. The number of carbonyl (C=O) groups excluding carboxylic acids is 1. The van der Waals surface area contributed by atoms with Gasteiger partial charge in [0.2, 0.25) is 0 Å². The Labute approximate surface area is 119 Å². The topological polar surface area (TPSA) is 69.2 Å². The summed E-state index contributed by atoms with van der Waals surface area (Å²) in [6, 6.07) is 3.49. The highest BCUT2D eigenvalue weighted by Crippen LogP contribution is 2.32. The third-order valence-electron chi connectivity index (χ3n) is 2.14. The lowest BCUT2D eigenvalue weighted by Gasteiger charge is -2.09. The minimum absolute atomic E-state index is 0.293. The number of nitrogens with one attached hydrogen (secondary N) is 1. The maximum Gasteiger partial charge on any atom is 0.427 e. The number of nitrogens with zero attached hydrogens (tertiary/aromatic N) is 1. The lowest BCUT2D eigenvalue weighted by Crippen LogP contribution is -2.18. The van der Waals surface area contributed by atoms with E-state index in [1.54, 1.807) is 33.3 Å². The van der Waals surface area contributed by atoms with Crippen molar-refractivity contribution in [2.75, 3.05) is 20.8 Å². The maximum absolute atomic E-state index is 11.0. The summed E-state index contributed by atoms with van der Waals surface area (Å²) in [6.45, 7) is 2.01. The van der Waals surface area contributed by atoms with E-state index in [4.69, 9.17) is 9.47 Å². The molecule has 1 rings (SSSR count). The van der Waals surface area contributed by atoms with E-state index in [0.717, 1.165) is 10.0 Å². The molecule has 7 heteroatoms. The lowest BCUT2D eigenvalue weighted by molar-refractivity contribution is 0.152. The summed E-state index contributed by atoms with van der Waals surface area (Å²) in [7, 11) is 3.10. The molecular weight excluding hydrogens is 316 g/mol. The van der Waals surface area contributed by atoms with Gasteiger partial charge in [0.15, 0.2) is 11.5 Å². The van der Waals surface area contributed by atoms with Gasteiger partial charge in [0.25, 0.3) is 0 Å². The molecule has 19 heavy (non-hydrogen) atoms. The van der Waals surface area contributed by atoms with Crippen LogP contribution in [0.5, 0.6) is 11.5 Å². The van der Waals surface area contributed by atoms with Crippen LogP contribution in [0.3, 0.4) is 0 Å². The second-order valence-corrected chi connectivity index (χ2v) is 4.17. The van der Waals surface area contributed by atoms with Crippen LogP contribution in [0.4, 0.5) is 4.79 Å². The van der Waals surface area contributed by atoms with Crippen molar-refractivity contribution in [3.05, 3.63) is 22.2 Å². The van der Waals surface area contributed by atoms with Crippen LogP contribution in [-0.2, 0) is 4.74 Å². The molecule has 0 radical (unpaired) electrons. The maximum atomic E-state index is 11.0. The molecule has 1 aromatic rings. The molecule has 1 N–H and O–H groups in total. The Kier molecular flexibility index (Phi) is 6.14. The third kappa shape index (κ3) is 4.44. The first kappa shape index (κ1) is 15.3. The molecule has 0 saturated carbocycles. The van der Waals surface area contributed by atoms with Crippen LogP contribution >= 0.6 is 15.9 Å². The number of benzene rings is 1. The molecule has 0 aliphatic carbocycles. The van der Waals surface area contributed by atoms with Crippen LogP contribution in [0, 0.1) is 0 Å². The fourth-order valence-electron chi connectivity index (χ4n) is 1.29. The molecule has 0 aliphatic rings. The lowest BCUT2D eigenvalue weighted by atomic mass is 10.2. The first-order chi connectivity index (χ1) is 9.12. The third-order valence-corrected chi connectivity index (χ3v) is 2.82. The zero-order valence-corrected chi connectivity index (χ0v) is 12.5. The van der Waals surface area contributed by atoms with E-state index >= 15 is 0 Å². The molecule has 0 atom stereocenters. The van der Waals surface area contributed by atoms with Crippen molar-refractivity contribution in [2.24, 2.45) is 5.10 Å². The van der Waals surface area contributed by atoms with Crippen molar-refractivity contribution in [3.63, 3.8) is 0 Å². The molecule has 0 aromatic heterocycles. The second-order valence-electron chi connectivity index (χ2n) is 3.32. The summed E-state index contributed by atoms with van der Waals surface area (Å²) in [6.07, 6.45) is 0.874. The highest BCUT2D eigenvalue weighted by Gasteiger charge is 2.08. The summed E-state index contributed by atoms with van der Waals surface area (Å²) in [5.74, 6) is 1.17. The van der Waals surface area contributed by atoms with Gasteiger partial charge in [-0.2, -0.15) is 5.10 Å². The zero-order valence-electron chi connectivity index (χ0n) is 10.9. The van der Waals surface area contributed by atoms with Gasteiger partial charge in [0, 0.05) is 10.0 Å². The normalized spacial score (nSPS) is 10.3. The monoisotopic (exact) mass is 330 g/mol. The average molecular weight is 331 g/mol. The van der Waals surface area contributed by atoms with Crippen molar-refractivity contribution in [1.82, 2.24) is 5.43 Å². The molecule has 0 saturated heterocycles. The van der Waals surface area contributed by atoms with E-state index in [1.807, 2.05) is 0 Å². The number of hydrogen-bond donors (Lipinski definition) is 1. The number of carbonyl (C=O) groups is 1. The van der Waals surface area contributed by atoms with E-state index in [9.17, 15) is 4.79 Å². The average Bonchev–Trinajstić information content (AvgIpc) is 2.40. The van der Waals surface area contributed by atoms with Gasteiger partial charge >= 0.3 is 6.09 Å². The van der Waals surface area contributed by atoms with E-state index in [0.29, 0.717) is 18.1 Å². The van der Waals surface area contributed by atoms with Gasteiger partial charge in [0.05, 0.1) is 27.0 Å². The number of halogens is 1. The van der Waals surface area contributed by atoms with Gasteiger partial charge in [-0.1, -0.05) is 0 Å². The molecule has 0 fully saturated rings. The Morgan fingerprint density at radius 1 is 1.37 bits per heavy atom. The van der Waals surface area contributed by atoms with Crippen molar-refractivity contribution in [1.29, 1.82) is 0 Å². The van der Waals surface area contributed by atoms with Gasteiger partial charge in [-0.05, 0) is 35.0 Å². The Bertz CT molecular complexity index is 477. The largest absolute Gasteiger partial charge is 0.493 e. The zero-order chi connectivity index (χ0) is 14.3. The quantitative estimate of drug-likeness (QED) is 0.665.